The van der Waals surface area contributed by atoms with Gasteiger partial charge in [-0.3, -0.25) is 9.78 Å². The first-order valence-corrected chi connectivity index (χ1v) is 6.35. The minimum absolute atomic E-state index is 0.279. The lowest BCUT2D eigenvalue weighted by atomic mass is 10.0. The predicted molar refractivity (Wildman–Crippen MR) is 76.9 cm³/mol. The van der Waals surface area contributed by atoms with E-state index < -0.39 is 5.92 Å². The molecule has 1 amide bonds. The van der Waals surface area contributed by atoms with Crippen LogP contribution in [0.3, 0.4) is 0 Å². The van der Waals surface area contributed by atoms with Crippen LogP contribution in [0, 0.1) is 24.2 Å². The second-order valence-corrected chi connectivity index (χ2v) is 4.55. The second-order valence-electron chi connectivity index (χ2n) is 4.55. The smallest absolute Gasteiger partial charge is 0.242 e. The van der Waals surface area contributed by atoms with Crippen LogP contribution in [0.2, 0.25) is 0 Å². The van der Waals surface area contributed by atoms with E-state index in [1.54, 1.807) is 12.4 Å². The van der Waals surface area contributed by atoms with Crippen molar-refractivity contribution in [3.63, 3.8) is 0 Å². The van der Waals surface area contributed by atoms with Crippen molar-refractivity contribution in [1.29, 1.82) is 5.26 Å². The Morgan fingerprint density at radius 2 is 2.00 bits per heavy atom. The number of carbonyl (C=O) groups excluding carboxylic acids is 1. The molecule has 1 aromatic heterocycles. The SMILES string of the molecule is Cc1ccccc1NC(=O)C(C#N)Cc1ccncc1. The van der Waals surface area contributed by atoms with E-state index in [2.05, 4.69) is 16.4 Å². The topological polar surface area (TPSA) is 65.8 Å². The highest BCUT2D eigenvalue weighted by molar-refractivity contribution is 5.94. The third-order valence-electron chi connectivity index (χ3n) is 3.06. The highest BCUT2D eigenvalue weighted by atomic mass is 16.1. The number of anilines is 1. The van der Waals surface area contributed by atoms with Crippen LogP contribution in [-0.2, 0) is 11.2 Å². The number of nitrogens with one attached hydrogen (secondary N) is 1. The van der Waals surface area contributed by atoms with Gasteiger partial charge in [-0.05, 0) is 42.7 Å². The molecule has 1 aromatic carbocycles. The van der Waals surface area contributed by atoms with Gasteiger partial charge in [-0.15, -0.1) is 0 Å². The first-order valence-electron chi connectivity index (χ1n) is 6.35. The van der Waals surface area contributed by atoms with E-state index in [0.29, 0.717) is 6.42 Å². The van der Waals surface area contributed by atoms with Gasteiger partial charge in [0.15, 0.2) is 0 Å². The number of nitriles is 1. The van der Waals surface area contributed by atoms with Gasteiger partial charge in [0.1, 0.15) is 5.92 Å². The monoisotopic (exact) mass is 265 g/mol. The molecule has 1 unspecified atom stereocenters. The number of benzene rings is 1. The Morgan fingerprint density at radius 3 is 2.65 bits per heavy atom. The number of amides is 1. The van der Waals surface area contributed by atoms with Crippen LogP contribution in [0.25, 0.3) is 0 Å². The minimum Gasteiger partial charge on any atom is -0.325 e. The Bertz CT molecular complexity index is 632. The van der Waals surface area contributed by atoms with Crippen molar-refractivity contribution in [2.75, 3.05) is 5.32 Å². The highest BCUT2D eigenvalue weighted by Gasteiger charge is 2.18. The number of hydrogen-bond donors (Lipinski definition) is 1. The summed E-state index contributed by atoms with van der Waals surface area (Å²) in [6, 6.07) is 13.2. The molecule has 0 radical (unpaired) electrons. The Kier molecular flexibility index (Phi) is 4.46. The number of hydrogen-bond acceptors (Lipinski definition) is 3. The summed E-state index contributed by atoms with van der Waals surface area (Å²) in [6.45, 7) is 1.92. The minimum atomic E-state index is -0.711. The molecular formula is C16H15N3O. The first-order chi connectivity index (χ1) is 9.70. The summed E-state index contributed by atoms with van der Waals surface area (Å²) in [5.74, 6) is -0.990. The van der Waals surface area contributed by atoms with Gasteiger partial charge in [0, 0.05) is 18.1 Å². The van der Waals surface area contributed by atoms with Crippen LogP contribution in [0.4, 0.5) is 5.69 Å². The van der Waals surface area contributed by atoms with Gasteiger partial charge in [-0.1, -0.05) is 18.2 Å². The van der Waals surface area contributed by atoms with Crippen molar-refractivity contribution in [2.45, 2.75) is 13.3 Å². The van der Waals surface area contributed by atoms with Crippen LogP contribution < -0.4 is 5.32 Å². The van der Waals surface area contributed by atoms with E-state index in [4.69, 9.17) is 0 Å². The fourth-order valence-corrected chi connectivity index (χ4v) is 1.88. The maximum atomic E-state index is 12.2. The molecule has 0 fully saturated rings. The van der Waals surface area contributed by atoms with Gasteiger partial charge < -0.3 is 5.32 Å². The lowest BCUT2D eigenvalue weighted by Gasteiger charge is -2.12. The fraction of sp³-hybridized carbons (Fsp3) is 0.188. The molecule has 4 heteroatoms. The van der Waals surface area contributed by atoms with Gasteiger partial charge in [-0.25, -0.2) is 0 Å². The molecule has 0 aliphatic carbocycles. The summed E-state index contributed by atoms with van der Waals surface area (Å²) >= 11 is 0. The zero-order chi connectivity index (χ0) is 14.4. The molecule has 2 aromatic rings. The molecule has 4 nitrogen and oxygen atoms in total. The summed E-state index contributed by atoms with van der Waals surface area (Å²) < 4.78 is 0. The highest BCUT2D eigenvalue weighted by Crippen LogP contribution is 2.16. The van der Waals surface area contributed by atoms with Crippen molar-refractivity contribution < 1.29 is 4.79 Å². The van der Waals surface area contributed by atoms with Crippen molar-refractivity contribution in [3.05, 3.63) is 59.9 Å². The Morgan fingerprint density at radius 1 is 1.30 bits per heavy atom. The molecular weight excluding hydrogens is 250 g/mol. The summed E-state index contributed by atoms with van der Waals surface area (Å²) in [4.78, 5) is 16.1. The molecule has 0 saturated heterocycles. The molecule has 0 aliphatic rings. The van der Waals surface area contributed by atoms with E-state index in [9.17, 15) is 10.1 Å². The Hall–Kier alpha value is -2.67. The van der Waals surface area contributed by atoms with Crippen molar-refractivity contribution in [2.24, 2.45) is 5.92 Å². The summed E-state index contributed by atoms with van der Waals surface area (Å²) in [5, 5.41) is 12.0. The Labute approximate surface area is 118 Å². The summed E-state index contributed by atoms with van der Waals surface area (Å²) in [5.41, 5.74) is 2.64. The summed E-state index contributed by atoms with van der Waals surface area (Å²) in [7, 11) is 0. The third-order valence-corrected chi connectivity index (χ3v) is 3.06. The maximum Gasteiger partial charge on any atom is 0.242 e. The molecule has 1 N–H and O–H groups in total. The van der Waals surface area contributed by atoms with Crippen LogP contribution in [-0.4, -0.2) is 10.9 Å². The van der Waals surface area contributed by atoms with E-state index in [1.807, 2.05) is 43.3 Å². The lowest BCUT2D eigenvalue weighted by molar-refractivity contribution is -0.118. The van der Waals surface area contributed by atoms with Gasteiger partial charge >= 0.3 is 0 Å². The van der Waals surface area contributed by atoms with Crippen molar-refractivity contribution in [3.8, 4) is 6.07 Å². The normalized spacial score (nSPS) is 11.4. The van der Waals surface area contributed by atoms with Gasteiger partial charge in [0.05, 0.1) is 6.07 Å². The van der Waals surface area contributed by atoms with Crippen molar-refractivity contribution >= 4 is 11.6 Å². The predicted octanol–water partition coefficient (Wildman–Crippen LogP) is 2.71. The number of para-hydroxylation sites is 1. The average Bonchev–Trinajstić information content (AvgIpc) is 2.48. The Balaban J connectivity index is 2.07. The third kappa shape index (κ3) is 3.42. The molecule has 100 valence electrons. The number of aryl methyl sites for hydroxylation is 1. The molecule has 0 aliphatic heterocycles. The second kappa shape index (κ2) is 6.48. The quantitative estimate of drug-likeness (QED) is 0.924. The van der Waals surface area contributed by atoms with Crippen LogP contribution >= 0.6 is 0 Å². The molecule has 20 heavy (non-hydrogen) atoms. The van der Waals surface area contributed by atoms with Crippen LogP contribution in [0.15, 0.2) is 48.8 Å². The van der Waals surface area contributed by atoms with E-state index in [0.717, 1.165) is 16.8 Å². The number of pyridine rings is 1. The van der Waals surface area contributed by atoms with Crippen LogP contribution in [0.1, 0.15) is 11.1 Å². The zero-order valence-corrected chi connectivity index (χ0v) is 11.2. The fourth-order valence-electron chi connectivity index (χ4n) is 1.88. The van der Waals surface area contributed by atoms with Gasteiger partial charge in [-0.2, -0.15) is 5.26 Å². The van der Waals surface area contributed by atoms with E-state index in [1.165, 1.54) is 0 Å². The standard InChI is InChI=1S/C16H15N3O/c1-12-4-2-3-5-15(12)19-16(20)14(11-17)10-13-6-8-18-9-7-13/h2-9,14H,10H2,1H3,(H,19,20). The maximum absolute atomic E-state index is 12.2. The van der Waals surface area contributed by atoms with E-state index in [-0.39, 0.29) is 5.91 Å². The zero-order valence-electron chi connectivity index (χ0n) is 11.2. The van der Waals surface area contributed by atoms with Gasteiger partial charge in [0.25, 0.3) is 0 Å². The number of rotatable bonds is 4. The van der Waals surface area contributed by atoms with Gasteiger partial charge in [0.2, 0.25) is 5.91 Å². The summed E-state index contributed by atoms with van der Waals surface area (Å²) in [6.07, 6.45) is 3.70. The van der Waals surface area contributed by atoms with Crippen LogP contribution in [0.5, 0.6) is 0 Å². The molecule has 1 atom stereocenters. The number of nitrogens with zero attached hydrogens (tertiary/aromatic N) is 2. The molecule has 0 spiro atoms. The largest absolute Gasteiger partial charge is 0.325 e. The molecule has 0 bridgehead atoms. The number of carbonyl (C=O) groups is 1. The molecule has 0 saturated carbocycles. The number of aromatic nitrogens is 1. The van der Waals surface area contributed by atoms with Crippen molar-refractivity contribution in [1.82, 2.24) is 4.98 Å². The molecule has 1 heterocycles. The molecule has 2 rings (SSSR count). The van der Waals surface area contributed by atoms with E-state index >= 15 is 0 Å². The lowest BCUT2D eigenvalue weighted by Crippen LogP contribution is -2.23. The first kappa shape index (κ1) is 13.8. The average molecular weight is 265 g/mol.